The highest BCUT2D eigenvalue weighted by Crippen LogP contribution is 2.27. The summed E-state index contributed by atoms with van der Waals surface area (Å²) in [7, 11) is 0. The van der Waals surface area contributed by atoms with Crippen LogP contribution in [0.15, 0.2) is 28.7 Å². The van der Waals surface area contributed by atoms with Gasteiger partial charge in [-0.1, -0.05) is 19.9 Å². The second-order valence-corrected chi connectivity index (χ2v) is 6.14. The highest BCUT2D eigenvalue weighted by atomic mass is 79.9. The Kier molecular flexibility index (Phi) is 5.17. The van der Waals surface area contributed by atoms with Gasteiger partial charge >= 0.3 is 0 Å². The van der Waals surface area contributed by atoms with E-state index in [-0.39, 0.29) is 5.92 Å². The molecule has 0 amide bonds. The van der Waals surface area contributed by atoms with Crippen LogP contribution in [0.5, 0.6) is 0 Å². The summed E-state index contributed by atoms with van der Waals surface area (Å²) >= 11 is 3.58. The van der Waals surface area contributed by atoms with Crippen molar-refractivity contribution in [1.82, 2.24) is 9.97 Å². The molecule has 1 aromatic heterocycles. The number of hydrogen-bond donors (Lipinski definition) is 2. The van der Waals surface area contributed by atoms with E-state index in [1.807, 2.05) is 12.1 Å². The molecule has 0 fully saturated rings. The van der Waals surface area contributed by atoms with Gasteiger partial charge in [0, 0.05) is 23.0 Å². The van der Waals surface area contributed by atoms with Crippen molar-refractivity contribution in [1.29, 1.82) is 0 Å². The first kappa shape index (κ1) is 15.8. The van der Waals surface area contributed by atoms with Gasteiger partial charge in [-0.3, -0.25) is 0 Å². The van der Waals surface area contributed by atoms with E-state index in [9.17, 15) is 0 Å². The summed E-state index contributed by atoms with van der Waals surface area (Å²) in [6.07, 6.45) is 0. The molecule has 0 unspecified atom stereocenters. The Hall–Kier alpha value is -1.62. The zero-order valence-corrected chi connectivity index (χ0v) is 14.5. The molecule has 2 N–H and O–H groups in total. The summed E-state index contributed by atoms with van der Waals surface area (Å²) in [5, 5.41) is 6.61. The third-order valence-corrected chi connectivity index (χ3v) is 3.66. The molecule has 1 aromatic carbocycles. The number of anilines is 3. The van der Waals surface area contributed by atoms with Crippen molar-refractivity contribution in [2.45, 2.75) is 33.6 Å². The summed E-state index contributed by atoms with van der Waals surface area (Å²) in [6.45, 7) is 9.15. The van der Waals surface area contributed by atoms with Crippen molar-refractivity contribution in [3.05, 3.63) is 40.1 Å². The zero-order valence-electron chi connectivity index (χ0n) is 12.9. The normalized spacial score (nSPS) is 10.8. The molecule has 0 bridgehead atoms. The minimum atomic E-state index is 0.283. The second-order valence-electron chi connectivity index (χ2n) is 5.29. The molecule has 5 heteroatoms. The standard InChI is InChI=1S/C16H21BrN4/c1-5-18-14-9-15(21-16(20-14)10(2)3)19-13-7-6-11(4)8-12(13)17/h6-10H,5H2,1-4H3,(H2,18,19,20,21). The van der Waals surface area contributed by atoms with E-state index in [0.717, 1.165) is 34.2 Å². The zero-order chi connectivity index (χ0) is 15.4. The molecule has 0 saturated carbocycles. The fraction of sp³-hybridized carbons (Fsp3) is 0.375. The second kappa shape index (κ2) is 6.89. The van der Waals surface area contributed by atoms with Crippen molar-refractivity contribution in [3.8, 4) is 0 Å². The van der Waals surface area contributed by atoms with Crippen LogP contribution in [0.25, 0.3) is 0 Å². The Morgan fingerprint density at radius 3 is 2.48 bits per heavy atom. The van der Waals surface area contributed by atoms with Crippen molar-refractivity contribution >= 4 is 33.3 Å². The summed E-state index contributed by atoms with van der Waals surface area (Å²) in [4.78, 5) is 9.12. The highest BCUT2D eigenvalue weighted by molar-refractivity contribution is 9.10. The van der Waals surface area contributed by atoms with Gasteiger partial charge in [0.15, 0.2) is 0 Å². The quantitative estimate of drug-likeness (QED) is 0.810. The Labute approximate surface area is 134 Å². The molecular formula is C16H21BrN4. The molecule has 0 saturated heterocycles. The van der Waals surface area contributed by atoms with Gasteiger partial charge in [-0.2, -0.15) is 0 Å². The maximum atomic E-state index is 4.59. The minimum absolute atomic E-state index is 0.283. The van der Waals surface area contributed by atoms with E-state index in [2.05, 4.69) is 76.4 Å². The number of aromatic nitrogens is 2. The molecule has 112 valence electrons. The third-order valence-electron chi connectivity index (χ3n) is 3.01. The van der Waals surface area contributed by atoms with E-state index in [1.54, 1.807) is 0 Å². The van der Waals surface area contributed by atoms with Crippen LogP contribution in [0.2, 0.25) is 0 Å². The first-order valence-electron chi connectivity index (χ1n) is 7.15. The van der Waals surface area contributed by atoms with Gasteiger partial charge in [0.05, 0.1) is 5.69 Å². The molecule has 0 radical (unpaired) electrons. The average molecular weight is 349 g/mol. The van der Waals surface area contributed by atoms with Crippen molar-refractivity contribution in [3.63, 3.8) is 0 Å². The molecule has 0 aliphatic rings. The molecule has 0 aliphatic carbocycles. The van der Waals surface area contributed by atoms with Crippen LogP contribution in [0, 0.1) is 6.92 Å². The van der Waals surface area contributed by atoms with Crippen LogP contribution in [-0.2, 0) is 0 Å². The molecule has 0 aliphatic heterocycles. The van der Waals surface area contributed by atoms with Gasteiger partial charge in [-0.05, 0) is 47.5 Å². The highest BCUT2D eigenvalue weighted by Gasteiger charge is 2.09. The largest absolute Gasteiger partial charge is 0.370 e. The predicted molar refractivity (Wildman–Crippen MR) is 92.4 cm³/mol. The van der Waals surface area contributed by atoms with E-state index in [4.69, 9.17) is 0 Å². The number of nitrogens with one attached hydrogen (secondary N) is 2. The first-order valence-corrected chi connectivity index (χ1v) is 7.95. The number of nitrogens with zero attached hydrogens (tertiary/aromatic N) is 2. The van der Waals surface area contributed by atoms with Gasteiger partial charge in [0.2, 0.25) is 0 Å². The molecule has 0 spiro atoms. The van der Waals surface area contributed by atoms with Crippen LogP contribution >= 0.6 is 15.9 Å². The van der Waals surface area contributed by atoms with Gasteiger partial charge in [0.1, 0.15) is 17.5 Å². The van der Waals surface area contributed by atoms with Crippen LogP contribution in [0.3, 0.4) is 0 Å². The SMILES string of the molecule is CCNc1cc(Nc2ccc(C)cc2Br)nc(C(C)C)n1. The van der Waals surface area contributed by atoms with Gasteiger partial charge in [-0.25, -0.2) is 9.97 Å². The molecule has 2 aromatic rings. The average Bonchev–Trinajstić information content (AvgIpc) is 2.42. The molecule has 0 atom stereocenters. The van der Waals surface area contributed by atoms with E-state index in [1.165, 1.54) is 5.56 Å². The lowest BCUT2D eigenvalue weighted by molar-refractivity contribution is 0.777. The van der Waals surface area contributed by atoms with Crippen LogP contribution in [0.1, 0.15) is 38.1 Å². The summed E-state index contributed by atoms with van der Waals surface area (Å²) in [5.41, 5.74) is 2.21. The van der Waals surface area contributed by atoms with Gasteiger partial charge < -0.3 is 10.6 Å². The first-order chi connectivity index (χ1) is 9.99. The maximum absolute atomic E-state index is 4.59. The lowest BCUT2D eigenvalue weighted by atomic mass is 10.2. The lowest BCUT2D eigenvalue weighted by Crippen LogP contribution is -2.07. The smallest absolute Gasteiger partial charge is 0.136 e. The summed E-state index contributed by atoms with van der Waals surface area (Å²) in [5.74, 6) is 2.76. The monoisotopic (exact) mass is 348 g/mol. The number of aryl methyl sites for hydroxylation is 1. The Bertz CT molecular complexity index is 626. The predicted octanol–water partition coefficient (Wildman–Crippen LogP) is 4.85. The number of halogens is 1. The maximum Gasteiger partial charge on any atom is 0.136 e. The van der Waals surface area contributed by atoms with Crippen molar-refractivity contribution < 1.29 is 0 Å². The van der Waals surface area contributed by atoms with Crippen LogP contribution in [0.4, 0.5) is 17.3 Å². The van der Waals surface area contributed by atoms with Crippen LogP contribution < -0.4 is 10.6 Å². The van der Waals surface area contributed by atoms with Gasteiger partial charge in [-0.15, -0.1) is 0 Å². The minimum Gasteiger partial charge on any atom is -0.370 e. The third kappa shape index (κ3) is 4.17. The Morgan fingerprint density at radius 2 is 1.86 bits per heavy atom. The van der Waals surface area contributed by atoms with Crippen molar-refractivity contribution in [2.24, 2.45) is 0 Å². The number of rotatable bonds is 5. The van der Waals surface area contributed by atoms with Gasteiger partial charge in [0.25, 0.3) is 0 Å². The van der Waals surface area contributed by atoms with E-state index in [0.29, 0.717) is 0 Å². The molecule has 4 nitrogen and oxygen atoms in total. The molecular weight excluding hydrogens is 328 g/mol. The molecule has 2 rings (SSSR count). The van der Waals surface area contributed by atoms with Crippen molar-refractivity contribution in [2.75, 3.05) is 17.2 Å². The Morgan fingerprint density at radius 1 is 1.14 bits per heavy atom. The lowest BCUT2D eigenvalue weighted by Gasteiger charge is -2.13. The number of benzene rings is 1. The van der Waals surface area contributed by atoms with E-state index >= 15 is 0 Å². The molecule has 1 heterocycles. The number of hydrogen-bond acceptors (Lipinski definition) is 4. The fourth-order valence-electron chi connectivity index (χ4n) is 1.92. The Balaban J connectivity index is 2.33. The topological polar surface area (TPSA) is 49.8 Å². The summed E-state index contributed by atoms with van der Waals surface area (Å²) in [6, 6.07) is 8.13. The fourth-order valence-corrected chi connectivity index (χ4v) is 2.51. The summed E-state index contributed by atoms with van der Waals surface area (Å²) < 4.78 is 1.03. The van der Waals surface area contributed by atoms with Crippen LogP contribution in [-0.4, -0.2) is 16.5 Å². The molecule has 21 heavy (non-hydrogen) atoms. The van der Waals surface area contributed by atoms with E-state index < -0.39 is 0 Å².